The highest BCUT2D eigenvalue weighted by Gasteiger charge is 2.20. The van der Waals surface area contributed by atoms with Crippen LogP contribution in [0.3, 0.4) is 0 Å². The van der Waals surface area contributed by atoms with Crippen molar-refractivity contribution in [3.05, 3.63) is 54.6 Å². The first-order chi connectivity index (χ1) is 16.6. The summed E-state index contributed by atoms with van der Waals surface area (Å²) in [5, 5.41) is 3.23. The van der Waals surface area contributed by atoms with Crippen LogP contribution in [0.4, 0.5) is 0 Å². The quantitative estimate of drug-likeness (QED) is 0.206. The zero-order valence-electron chi connectivity index (χ0n) is 18.9. The van der Waals surface area contributed by atoms with Gasteiger partial charge in [0.15, 0.2) is 0 Å². The standard InChI is InChI=1S/C26H9B9/c27-18-14-9-10-5-1-2-6-11(10)15(16(14)19(28)23(32)22(18)31)12-7-3-4-8-13(12)17-20(29)24(33)26(35)25(34)21(17)30/h1-9H. The molecule has 0 aliphatic carbocycles. The molecule has 0 fully saturated rings. The molecule has 5 aromatic rings. The van der Waals surface area contributed by atoms with E-state index in [0.717, 1.165) is 21.9 Å². The third-order valence-corrected chi connectivity index (χ3v) is 6.64. The van der Waals surface area contributed by atoms with E-state index in [0.29, 0.717) is 32.8 Å². The maximum atomic E-state index is 6.57. The van der Waals surface area contributed by atoms with Gasteiger partial charge < -0.3 is 0 Å². The number of rotatable bonds is 2. The van der Waals surface area contributed by atoms with Gasteiger partial charge in [-0.1, -0.05) is 70.4 Å². The van der Waals surface area contributed by atoms with Gasteiger partial charge in [0.1, 0.15) is 70.6 Å². The van der Waals surface area contributed by atoms with E-state index < -0.39 is 0 Å². The Balaban J connectivity index is 2.03. The van der Waals surface area contributed by atoms with E-state index in [1.165, 1.54) is 0 Å². The summed E-state index contributed by atoms with van der Waals surface area (Å²) in [7, 11) is 56.7. The smallest absolute Gasteiger partial charge is 0.112 e. The van der Waals surface area contributed by atoms with Crippen molar-refractivity contribution < 1.29 is 0 Å². The molecule has 0 unspecified atom stereocenters. The molecule has 0 bridgehead atoms. The average Bonchev–Trinajstić information content (AvgIpc) is 2.87. The first-order valence-electron chi connectivity index (χ1n) is 10.8. The summed E-state index contributed by atoms with van der Waals surface area (Å²) >= 11 is 0. The number of hydrogen-bond donors (Lipinski definition) is 0. The van der Waals surface area contributed by atoms with E-state index in [1.54, 1.807) is 0 Å². The molecule has 0 heterocycles. The van der Waals surface area contributed by atoms with Crippen molar-refractivity contribution in [1.29, 1.82) is 0 Å². The predicted octanol–water partition coefficient (Wildman–Crippen LogP) is -3.53. The van der Waals surface area contributed by atoms with Crippen LogP contribution in [-0.4, -0.2) is 70.6 Å². The Morgan fingerprint density at radius 1 is 0.371 bits per heavy atom. The molecule has 0 aromatic heterocycles. The predicted molar refractivity (Wildman–Crippen MR) is 161 cm³/mol. The molecule has 9 heteroatoms. The minimum atomic E-state index is 0.150. The van der Waals surface area contributed by atoms with Gasteiger partial charge in [0.25, 0.3) is 0 Å². The van der Waals surface area contributed by atoms with E-state index >= 15 is 0 Å². The molecular weight excluding hydrogens is 410 g/mol. The van der Waals surface area contributed by atoms with Crippen LogP contribution >= 0.6 is 0 Å². The Bertz CT molecular complexity index is 1660. The second-order valence-corrected chi connectivity index (χ2v) is 8.54. The number of benzene rings is 5. The monoisotopic (exact) mass is 420 g/mol. The van der Waals surface area contributed by atoms with E-state index in [1.807, 2.05) is 54.6 Å². The normalized spacial score (nSPS) is 11.3. The van der Waals surface area contributed by atoms with Crippen LogP contribution in [-0.2, 0) is 0 Å². The van der Waals surface area contributed by atoms with Crippen molar-refractivity contribution in [1.82, 2.24) is 0 Å². The largest absolute Gasteiger partial charge is 0.113 e. The lowest BCUT2D eigenvalue weighted by atomic mass is 9.59. The minimum absolute atomic E-state index is 0.150. The molecule has 0 amide bonds. The maximum Gasteiger partial charge on any atom is 0.113 e. The summed E-state index contributed by atoms with van der Waals surface area (Å²) in [4.78, 5) is 0. The average molecular weight is 419 g/mol. The zero-order chi connectivity index (χ0) is 25.2. The SMILES string of the molecule is [B]c1c([B])c([B])c(-c2ccccc2-c2c3ccccc3cc3c([B])c([B])c([B])c([B])c23)c([B])c1[B]. The third-order valence-electron chi connectivity index (χ3n) is 6.64. The Hall–Kier alpha value is -2.80. The highest BCUT2D eigenvalue weighted by molar-refractivity contribution is 6.69. The molecule has 0 saturated heterocycles. The molecule has 0 nitrogen and oxygen atoms in total. The molecule has 0 aliphatic rings. The molecular formula is C26H9B9. The molecule has 5 rings (SSSR count). The van der Waals surface area contributed by atoms with Crippen LogP contribution < -0.4 is 49.2 Å². The van der Waals surface area contributed by atoms with Crippen LogP contribution in [0, 0.1) is 0 Å². The molecule has 0 spiro atoms. The molecule has 140 valence electrons. The molecule has 5 aromatic carbocycles. The van der Waals surface area contributed by atoms with Crippen molar-refractivity contribution in [2.45, 2.75) is 0 Å². The Labute approximate surface area is 217 Å². The van der Waals surface area contributed by atoms with E-state index in [4.69, 9.17) is 70.6 Å². The summed E-state index contributed by atoms with van der Waals surface area (Å²) in [6.07, 6.45) is 0. The van der Waals surface area contributed by atoms with E-state index in [2.05, 4.69) is 0 Å². The summed E-state index contributed by atoms with van der Waals surface area (Å²) in [5.74, 6) is 0. The summed E-state index contributed by atoms with van der Waals surface area (Å²) in [6.45, 7) is 0. The van der Waals surface area contributed by atoms with Gasteiger partial charge in [0.05, 0.1) is 0 Å². The van der Waals surface area contributed by atoms with Gasteiger partial charge in [-0.05, 0) is 49.9 Å². The Morgan fingerprint density at radius 2 is 0.829 bits per heavy atom. The topological polar surface area (TPSA) is 0 Å². The van der Waals surface area contributed by atoms with E-state index in [-0.39, 0.29) is 38.2 Å². The van der Waals surface area contributed by atoms with Crippen LogP contribution in [0.2, 0.25) is 0 Å². The van der Waals surface area contributed by atoms with Crippen molar-refractivity contribution in [2.75, 3.05) is 0 Å². The summed E-state index contributed by atoms with van der Waals surface area (Å²) in [5.41, 5.74) is 4.91. The van der Waals surface area contributed by atoms with Crippen LogP contribution in [0.15, 0.2) is 54.6 Å². The van der Waals surface area contributed by atoms with Gasteiger partial charge in [0.2, 0.25) is 0 Å². The molecule has 0 atom stereocenters. The van der Waals surface area contributed by atoms with Crippen LogP contribution in [0.1, 0.15) is 0 Å². The number of fused-ring (bicyclic) bond motifs is 2. The first kappa shape index (κ1) is 23.9. The highest BCUT2D eigenvalue weighted by atomic mass is 14.2. The van der Waals surface area contributed by atoms with Crippen LogP contribution in [0.25, 0.3) is 43.8 Å². The molecule has 35 heavy (non-hydrogen) atoms. The first-order valence-corrected chi connectivity index (χ1v) is 10.8. The Morgan fingerprint density at radius 3 is 1.46 bits per heavy atom. The fraction of sp³-hybridized carbons (Fsp3) is 0. The Kier molecular flexibility index (Phi) is 5.95. The van der Waals surface area contributed by atoms with Gasteiger partial charge in [-0.3, -0.25) is 0 Å². The summed E-state index contributed by atoms with van der Waals surface area (Å²) < 4.78 is 0. The van der Waals surface area contributed by atoms with Gasteiger partial charge in [-0.25, -0.2) is 0 Å². The lowest BCUT2D eigenvalue weighted by Gasteiger charge is -2.25. The van der Waals surface area contributed by atoms with Crippen molar-refractivity contribution >= 4 is 141 Å². The molecule has 0 saturated carbocycles. The van der Waals surface area contributed by atoms with Crippen molar-refractivity contribution in [3.63, 3.8) is 0 Å². The molecule has 0 N–H and O–H groups in total. The fourth-order valence-corrected chi connectivity index (χ4v) is 4.75. The van der Waals surface area contributed by atoms with Crippen molar-refractivity contribution in [2.24, 2.45) is 0 Å². The van der Waals surface area contributed by atoms with E-state index in [9.17, 15) is 0 Å². The van der Waals surface area contributed by atoms with Gasteiger partial charge in [-0.15, -0.1) is 27.3 Å². The lowest BCUT2D eigenvalue weighted by Crippen LogP contribution is -2.55. The second-order valence-electron chi connectivity index (χ2n) is 8.54. The lowest BCUT2D eigenvalue weighted by molar-refractivity contribution is 1.66. The van der Waals surface area contributed by atoms with Crippen molar-refractivity contribution in [3.8, 4) is 22.3 Å². The zero-order valence-corrected chi connectivity index (χ0v) is 18.9. The molecule has 18 radical (unpaired) electrons. The van der Waals surface area contributed by atoms with Gasteiger partial charge in [-0.2, -0.15) is 0 Å². The second kappa shape index (κ2) is 8.70. The third kappa shape index (κ3) is 3.50. The van der Waals surface area contributed by atoms with Crippen LogP contribution in [0.5, 0.6) is 0 Å². The maximum absolute atomic E-state index is 6.57. The van der Waals surface area contributed by atoms with Gasteiger partial charge in [0, 0.05) is 0 Å². The number of hydrogen-bond acceptors (Lipinski definition) is 0. The fourth-order valence-electron chi connectivity index (χ4n) is 4.75. The van der Waals surface area contributed by atoms with Gasteiger partial charge >= 0.3 is 0 Å². The highest BCUT2D eigenvalue weighted by Crippen LogP contribution is 2.39. The summed E-state index contributed by atoms with van der Waals surface area (Å²) in [6, 6.07) is 17.5. The molecule has 0 aliphatic heterocycles. The minimum Gasteiger partial charge on any atom is -0.112 e.